The van der Waals surface area contributed by atoms with Crippen molar-refractivity contribution in [2.24, 2.45) is 0 Å². The molecule has 1 fully saturated rings. The summed E-state index contributed by atoms with van der Waals surface area (Å²) in [5.41, 5.74) is 0.719. The summed E-state index contributed by atoms with van der Waals surface area (Å²) in [6.07, 6.45) is 2.62. The molecular formula is C31H34F2N6O4. The first-order valence-corrected chi connectivity index (χ1v) is 14.0. The third-order valence-corrected chi connectivity index (χ3v) is 7.34. The number of hydrogen-bond acceptors (Lipinski definition) is 7. The van der Waals surface area contributed by atoms with Crippen LogP contribution in [0, 0.1) is 11.6 Å². The van der Waals surface area contributed by atoms with Crippen molar-refractivity contribution in [3.63, 3.8) is 0 Å². The number of likely N-dealkylation sites (N-methyl/N-ethyl adjacent to an activating group) is 1. The number of fused-ring (bicyclic) bond motifs is 1. The molecule has 1 aliphatic heterocycles. The number of halogens is 2. The number of benzene rings is 2. The fourth-order valence-corrected chi connectivity index (χ4v) is 5.05. The second-order valence-electron chi connectivity index (χ2n) is 11.6. The van der Waals surface area contributed by atoms with Crippen LogP contribution in [0.5, 0.6) is 5.88 Å². The topological polar surface area (TPSA) is 124 Å². The van der Waals surface area contributed by atoms with E-state index < -0.39 is 17.2 Å². The average molecular weight is 593 g/mol. The number of aromatic hydroxyl groups is 1. The predicted octanol–water partition coefficient (Wildman–Crippen LogP) is 5.75. The van der Waals surface area contributed by atoms with E-state index in [1.807, 2.05) is 20.8 Å². The Bertz CT molecular complexity index is 1620. The molecule has 2 amide bonds. The Balaban J connectivity index is 1.24. The van der Waals surface area contributed by atoms with Crippen LogP contribution >= 0.6 is 0 Å². The third-order valence-electron chi connectivity index (χ3n) is 7.34. The molecule has 0 bridgehead atoms. The van der Waals surface area contributed by atoms with Crippen molar-refractivity contribution in [3.8, 4) is 17.3 Å². The molecule has 0 unspecified atom stereocenters. The van der Waals surface area contributed by atoms with Crippen molar-refractivity contribution >= 4 is 34.4 Å². The highest BCUT2D eigenvalue weighted by Crippen LogP contribution is 2.34. The Morgan fingerprint density at radius 1 is 1.09 bits per heavy atom. The van der Waals surface area contributed by atoms with Gasteiger partial charge >= 0.3 is 6.09 Å². The van der Waals surface area contributed by atoms with Gasteiger partial charge in [-0.3, -0.25) is 4.79 Å². The molecule has 0 spiro atoms. The van der Waals surface area contributed by atoms with E-state index in [4.69, 9.17) is 4.74 Å². The zero-order valence-corrected chi connectivity index (χ0v) is 24.4. The first kappa shape index (κ1) is 29.7. The lowest BCUT2D eigenvalue weighted by Crippen LogP contribution is -2.48. The average Bonchev–Trinajstić information content (AvgIpc) is 3.33. The monoisotopic (exact) mass is 592 g/mol. The van der Waals surface area contributed by atoms with Crippen molar-refractivity contribution in [2.45, 2.75) is 51.7 Å². The first-order valence-electron chi connectivity index (χ1n) is 14.0. The van der Waals surface area contributed by atoms with Gasteiger partial charge in [-0.2, -0.15) is 0 Å². The molecule has 10 nitrogen and oxygen atoms in total. The minimum absolute atomic E-state index is 0.0230. The Morgan fingerprint density at radius 3 is 2.37 bits per heavy atom. The van der Waals surface area contributed by atoms with Crippen molar-refractivity contribution in [1.82, 2.24) is 24.8 Å². The summed E-state index contributed by atoms with van der Waals surface area (Å²) in [6.45, 7) is 6.55. The van der Waals surface area contributed by atoms with Crippen LogP contribution in [-0.4, -0.2) is 73.6 Å². The van der Waals surface area contributed by atoms with E-state index in [0.29, 0.717) is 31.6 Å². The van der Waals surface area contributed by atoms with E-state index in [2.05, 4.69) is 20.3 Å². The van der Waals surface area contributed by atoms with Gasteiger partial charge in [0.05, 0.1) is 17.5 Å². The highest BCUT2D eigenvalue weighted by molar-refractivity contribution is 5.96. The maximum Gasteiger partial charge on any atom is 0.410 e. The number of carbonyl (C=O) groups is 2. The quantitative estimate of drug-likeness (QED) is 0.260. The molecule has 5 rings (SSSR count). The van der Waals surface area contributed by atoms with Crippen molar-refractivity contribution in [3.05, 3.63) is 65.9 Å². The zero-order valence-electron chi connectivity index (χ0n) is 24.4. The summed E-state index contributed by atoms with van der Waals surface area (Å²) in [4.78, 5) is 40.1. The van der Waals surface area contributed by atoms with E-state index in [9.17, 15) is 23.5 Å². The highest BCUT2D eigenvalue weighted by atomic mass is 19.1. The van der Waals surface area contributed by atoms with Gasteiger partial charge in [0, 0.05) is 38.1 Å². The van der Waals surface area contributed by atoms with Gasteiger partial charge in [-0.15, -0.1) is 0 Å². The zero-order chi connectivity index (χ0) is 30.9. The molecule has 1 saturated heterocycles. The van der Waals surface area contributed by atoms with Crippen LogP contribution < -0.4 is 5.32 Å². The van der Waals surface area contributed by atoms with Crippen LogP contribution in [0.3, 0.4) is 0 Å². The van der Waals surface area contributed by atoms with Gasteiger partial charge in [-0.1, -0.05) is 18.2 Å². The summed E-state index contributed by atoms with van der Waals surface area (Å²) in [6, 6.07) is 10.6. The van der Waals surface area contributed by atoms with E-state index in [1.54, 1.807) is 41.1 Å². The van der Waals surface area contributed by atoms with Crippen LogP contribution in [0.1, 0.15) is 39.2 Å². The Hall–Kier alpha value is -4.74. The minimum Gasteiger partial charge on any atom is -0.494 e. The molecule has 2 aromatic carbocycles. The summed E-state index contributed by atoms with van der Waals surface area (Å²) < 4.78 is 34.4. The maximum atomic E-state index is 14.5. The van der Waals surface area contributed by atoms with Gasteiger partial charge in [0.25, 0.3) is 0 Å². The lowest BCUT2D eigenvalue weighted by Gasteiger charge is -2.37. The predicted molar refractivity (Wildman–Crippen MR) is 158 cm³/mol. The first-order chi connectivity index (χ1) is 20.4. The molecule has 226 valence electrons. The lowest BCUT2D eigenvalue weighted by atomic mass is 10.0. The number of ether oxygens (including phenoxy) is 1. The lowest BCUT2D eigenvalue weighted by molar-refractivity contribution is -0.132. The number of anilines is 2. The van der Waals surface area contributed by atoms with Gasteiger partial charge in [0.15, 0.2) is 5.82 Å². The number of piperidine rings is 1. The minimum atomic E-state index is -0.808. The Labute approximate surface area is 247 Å². The smallest absolute Gasteiger partial charge is 0.410 e. The van der Waals surface area contributed by atoms with Crippen LogP contribution in [-0.2, 0) is 16.0 Å². The van der Waals surface area contributed by atoms with Gasteiger partial charge < -0.3 is 29.9 Å². The number of hydrogen-bond donors (Lipinski definition) is 3. The van der Waals surface area contributed by atoms with Crippen molar-refractivity contribution in [2.75, 3.05) is 25.5 Å². The largest absolute Gasteiger partial charge is 0.494 e. The van der Waals surface area contributed by atoms with E-state index in [1.165, 1.54) is 12.3 Å². The summed E-state index contributed by atoms with van der Waals surface area (Å²) in [5, 5.41) is 13.7. The molecule has 3 heterocycles. The van der Waals surface area contributed by atoms with Crippen LogP contribution in [0.25, 0.3) is 22.3 Å². The fraction of sp³-hybridized carbons (Fsp3) is 0.355. The Kier molecular flexibility index (Phi) is 8.21. The standard InChI is InChI=1S/C31H34F2N6O4/c1-31(2,3)43-30(42)39-14-12-20(13-15-39)38(4)24(40)16-18-8-10-19(11-9-18)35-28-26-23(17-34-29(26)41)36-27(37-28)25-21(32)6-5-7-22(25)33/h5-11,17,20,34,41H,12-16H2,1-4H3,(H,35,36,37). The van der Waals surface area contributed by atoms with Crippen LogP contribution in [0.15, 0.2) is 48.7 Å². The number of aromatic nitrogens is 3. The van der Waals surface area contributed by atoms with Crippen LogP contribution in [0.4, 0.5) is 25.1 Å². The molecule has 1 aliphatic rings. The molecule has 4 aromatic rings. The summed E-state index contributed by atoms with van der Waals surface area (Å²) in [7, 11) is 1.78. The van der Waals surface area contributed by atoms with E-state index >= 15 is 0 Å². The molecule has 0 atom stereocenters. The van der Waals surface area contributed by atoms with Gasteiger partial charge in [0.1, 0.15) is 28.4 Å². The van der Waals surface area contributed by atoms with Crippen molar-refractivity contribution in [1.29, 1.82) is 0 Å². The van der Waals surface area contributed by atoms with E-state index in [-0.39, 0.29) is 58.5 Å². The fourth-order valence-electron chi connectivity index (χ4n) is 5.05. The van der Waals surface area contributed by atoms with Crippen molar-refractivity contribution < 1.29 is 28.2 Å². The number of rotatable bonds is 6. The molecule has 12 heteroatoms. The molecule has 43 heavy (non-hydrogen) atoms. The Morgan fingerprint density at radius 2 is 1.74 bits per heavy atom. The summed E-state index contributed by atoms with van der Waals surface area (Å²) in [5.74, 6) is -1.87. The number of likely N-dealkylation sites (tertiary alicyclic amines) is 1. The third kappa shape index (κ3) is 6.68. The number of aromatic amines is 1. The number of nitrogens with zero attached hydrogens (tertiary/aromatic N) is 4. The molecule has 2 aromatic heterocycles. The van der Waals surface area contributed by atoms with Gasteiger partial charge in [-0.05, 0) is 63.4 Å². The molecule has 3 N–H and O–H groups in total. The molecule has 0 radical (unpaired) electrons. The van der Waals surface area contributed by atoms with Gasteiger partial charge in [-0.25, -0.2) is 23.5 Å². The highest BCUT2D eigenvalue weighted by Gasteiger charge is 2.30. The number of H-pyrrole nitrogens is 1. The van der Waals surface area contributed by atoms with Gasteiger partial charge in [0.2, 0.25) is 11.8 Å². The number of carbonyl (C=O) groups excluding carboxylic acids is 2. The number of nitrogens with one attached hydrogen (secondary N) is 2. The van der Waals surface area contributed by atoms with E-state index in [0.717, 1.165) is 17.7 Å². The van der Waals surface area contributed by atoms with Crippen LogP contribution in [0.2, 0.25) is 0 Å². The summed E-state index contributed by atoms with van der Waals surface area (Å²) >= 11 is 0. The normalized spacial score (nSPS) is 14.1. The maximum absolute atomic E-state index is 14.5. The molecule has 0 saturated carbocycles. The SMILES string of the molecule is CN(C(=O)Cc1ccc(Nc2nc(-c3c(F)cccc3F)nc3c[nH]c(O)c23)cc1)C1CCN(C(=O)OC(C)(C)C)CC1. The second kappa shape index (κ2) is 11.9. The molecular weight excluding hydrogens is 558 g/mol. The number of amides is 2. The second-order valence-corrected chi connectivity index (χ2v) is 11.6. The molecule has 0 aliphatic carbocycles.